The topological polar surface area (TPSA) is 41.0 Å². The summed E-state index contributed by atoms with van der Waals surface area (Å²) in [6.45, 7) is 4.86. The molecule has 0 fully saturated rings. The highest BCUT2D eigenvalue weighted by atomic mass is 35.5. The van der Waals surface area contributed by atoms with E-state index in [4.69, 9.17) is 11.6 Å². The van der Waals surface area contributed by atoms with Gasteiger partial charge in [0.1, 0.15) is 11.3 Å². The van der Waals surface area contributed by atoms with Gasteiger partial charge in [-0.1, -0.05) is 18.5 Å². The maximum Gasteiger partial charge on any atom is 0.150 e. The Bertz CT molecular complexity index is 279. The first-order valence-electron chi connectivity index (χ1n) is 4.63. The van der Waals surface area contributed by atoms with Crippen molar-refractivity contribution in [2.24, 2.45) is 0 Å². The lowest BCUT2D eigenvalue weighted by Crippen LogP contribution is -2.29. The Kier molecular flexibility index (Phi) is 4.62. The van der Waals surface area contributed by atoms with E-state index < -0.39 is 0 Å². The number of halogens is 1. The summed E-state index contributed by atoms with van der Waals surface area (Å²) in [6, 6.07) is 0. The third-order valence-electron chi connectivity index (χ3n) is 1.88. The van der Waals surface area contributed by atoms with E-state index in [1.54, 1.807) is 6.20 Å². The first kappa shape index (κ1) is 11.2. The molecule has 5 heteroatoms. The van der Waals surface area contributed by atoms with Crippen molar-refractivity contribution in [1.29, 1.82) is 0 Å². The van der Waals surface area contributed by atoms with Crippen LogP contribution in [-0.4, -0.2) is 36.6 Å². The fraction of sp³-hybridized carbons (Fsp3) is 0.556. The normalized spacial score (nSPS) is 10.2. The minimum atomic E-state index is 0.589. The number of aromatic nitrogens is 2. The molecule has 4 nitrogen and oxygen atoms in total. The molecule has 0 aliphatic carbocycles. The summed E-state index contributed by atoms with van der Waals surface area (Å²) < 4.78 is 0. The SMILES string of the molecule is CCNCCN(C)c1ncncc1Cl. The molecule has 1 aromatic rings. The molecule has 0 spiro atoms. The van der Waals surface area contributed by atoms with Gasteiger partial charge in [-0.2, -0.15) is 0 Å². The van der Waals surface area contributed by atoms with E-state index in [1.165, 1.54) is 6.33 Å². The highest BCUT2D eigenvalue weighted by Gasteiger charge is 2.05. The zero-order valence-electron chi connectivity index (χ0n) is 8.50. The maximum atomic E-state index is 5.94. The van der Waals surface area contributed by atoms with Crippen molar-refractivity contribution >= 4 is 17.4 Å². The van der Waals surface area contributed by atoms with Gasteiger partial charge in [-0.3, -0.25) is 0 Å². The molecule has 0 atom stereocenters. The number of anilines is 1. The number of hydrogen-bond donors (Lipinski definition) is 1. The van der Waals surface area contributed by atoms with E-state index in [2.05, 4.69) is 22.2 Å². The molecule has 0 radical (unpaired) electrons. The summed E-state index contributed by atoms with van der Waals surface area (Å²) >= 11 is 5.94. The fourth-order valence-corrected chi connectivity index (χ4v) is 1.37. The van der Waals surface area contributed by atoms with Crippen LogP contribution >= 0.6 is 11.6 Å². The zero-order valence-corrected chi connectivity index (χ0v) is 9.25. The molecule has 0 aliphatic rings. The molecule has 0 aliphatic heterocycles. The second-order valence-electron chi connectivity index (χ2n) is 2.97. The standard InChI is InChI=1S/C9H15ClN4/c1-3-11-4-5-14(2)9-8(10)6-12-7-13-9/h6-7,11H,3-5H2,1-2H3. The van der Waals surface area contributed by atoms with E-state index in [-0.39, 0.29) is 0 Å². The number of hydrogen-bond acceptors (Lipinski definition) is 4. The summed E-state index contributed by atoms with van der Waals surface area (Å²) in [6.07, 6.45) is 3.11. The van der Waals surface area contributed by atoms with E-state index in [9.17, 15) is 0 Å². The van der Waals surface area contributed by atoms with Gasteiger partial charge in [-0.05, 0) is 6.54 Å². The van der Waals surface area contributed by atoms with Gasteiger partial charge in [-0.25, -0.2) is 9.97 Å². The summed E-state index contributed by atoms with van der Waals surface area (Å²) in [5, 5.41) is 3.83. The van der Waals surface area contributed by atoms with E-state index in [0.717, 1.165) is 25.5 Å². The fourth-order valence-electron chi connectivity index (χ4n) is 1.12. The molecule has 0 bridgehead atoms. The second-order valence-corrected chi connectivity index (χ2v) is 3.38. The Morgan fingerprint density at radius 1 is 1.57 bits per heavy atom. The van der Waals surface area contributed by atoms with Crippen molar-refractivity contribution in [3.05, 3.63) is 17.5 Å². The van der Waals surface area contributed by atoms with Gasteiger partial charge in [0.2, 0.25) is 0 Å². The lowest BCUT2D eigenvalue weighted by Gasteiger charge is -2.18. The summed E-state index contributed by atoms with van der Waals surface area (Å²) in [7, 11) is 1.96. The quantitative estimate of drug-likeness (QED) is 0.748. The van der Waals surface area contributed by atoms with Crippen molar-refractivity contribution < 1.29 is 0 Å². The number of rotatable bonds is 5. The van der Waals surface area contributed by atoms with Crippen molar-refractivity contribution in [2.45, 2.75) is 6.92 Å². The Balaban J connectivity index is 2.51. The van der Waals surface area contributed by atoms with Crippen LogP contribution < -0.4 is 10.2 Å². The van der Waals surface area contributed by atoms with Gasteiger partial charge in [0.25, 0.3) is 0 Å². The van der Waals surface area contributed by atoms with Gasteiger partial charge in [0.05, 0.1) is 6.20 Å². The smallest absolute Gasteiger partial charge is 0.150 e. The average molecular weight is 215 g/mol. The van der Waals surface area contributed by atoms with Crippen LogP contribution in [0.4, 0.5) is 5.82 Å². The lowest BCUT2D eigenvalue weighted by molar-refractivity contribution is 0.702. The molecule has 78 valence electrons. The number of likely N-dealkylation sites (N-methyl/N-ethyl adjacent to an activating group) is 2. The van der Waals surface area contributed by atoms with Crippen LogP contribution in [-0.2, 0) is 0 Å². The van der Waals surface area contributed by atoms with Gasteiger partial charge < -0.3 is 10.2 Å². The first-order valence-corrected chi connectivity index (χ1v) is 5.01. The summed E-state index contributed by atoms with van der Waals surface area (Å²) in [5.41, 5.74) is 0. The van der Waals surface area contributed by atoms with Crippen LogP contribution in [0.5, 0.6) is 0 Å². The van der Waals surface area contributed by atoms with Gasteiger partial charge in [0, 0.05) is 20.1 Å². The third-order valence-corrected chi connectivity index (χ3v) is 2.15. The van der Waals surface area contributed by atoms with Crippen LogP contribution in [0.3, 0.4) is 0 Å². The molecule has 1 rings (SSSR count). The predicted octanol–water partition coefficient (Wildman–Crippen LogP) is 1.18. The first-order chi connectivity index (χ1) is 6.75. The minimum absolute atomic E-state index is 0.589. The molecule has 0 saturated heterocycles. The molecular formula is C9H15ClN4. The second kappa shape index (κ2) is 5.78. The van der Waals surface area contributed by atoms with Crippen molar-refractivity contribution in [3.63, 3.8) is 0 Å². The van der Waals surface area contributed by atoms with E-state index >= 15 is 0 Å². The molecule has 0 aromatic carbocycles. The maximum absolute atomic E-state index is 5.94. The van der Waals surface area contributed by atoms with Gasteiger partial charge in [0.15, 0.2) is 5.82 Å². The monoisotopic (exact) mass is 214 g/mol. The third kappa shape index (κ3) is 3.12. The Labute approximate surface area is 89.3 Å². The molecule has 14 heavy (non-hydrogen) atoms. The number of nitrogens with zero attached hydrogens (tertiary/aromatic N) is 3. The summed E-state index contributed by atoms with van der Waals surface area (Å²) in [5.74, 6) is 0.777. The molecule has 1 aromatic heterocycles. The zero-order chi connectivity index (χ0) is 10.4. The molecule has 1 N–H and O–H groups in total. The summed E-state index contributed by atoms with van der Waals surface area (Å²) in [4.78, 5) is 9.96. The highest BCUT2D eigenvalue weighted by molar-refractivity contribution is 6.32. The van der Waals surface area contributed by atoms with Crippen LogP contribution in [0.1, 0.15) is 6.92 Å². The Morgan fingerprint density at radius 2 is 2.36 bits per heavy atom. The average Bonchev–Trinajstić information content (AvgIpc) is 2.18. The van der Waals surface area contributed by atoms with Crippen molar-refractivity contribution in [3.8, 4) is 0 Å². The Morgan fingerprint density at radius 3 is 3.00 bits per heavy atom. The predicted molar refractivity (Wildman–Crippen MR) is 58.9 cm³/mol. The van der Waals surface area contributed by atoms with E-state index in [1.807, 2.05) is 11.9 Å². The molecule has 0 amide bonds. The van der Waals surface area contributed by atoms with Gasteiger partial charge >= 0.3 is 0 Å². The Hall–Kier alpha value is -0.870. The van der Waals surface area contributed by atoms with Crippen LogP contribution in [0.2, 0.25) is 5.02 Å². The number of nitrogens with one attached hydrogen (secondary N) is 1. The van der Waals surface area contributed by atoms with Crippen molar-refractivity contribution in [1.82, 2.24) is 15.3 Å². The molecule has 0 saturated carbocycles. The van der Waals surface area contributed by atoms with E-state index in [0.29, 0.717) is 5.02 Å². The van der Waals surface area contributed by atoms with Crippen LogP contribution in [0.25, 0.3) is 0 Å². The molecular weight excluding hydrogens is 200 g/mol. The molecule has 0 unspecified atom stereocenters. The lowest BCUT2D eigenvalue weighted by atomic mass is 10.4. The largest absolute Gasteiger partial charge is 0.357 e. The minimum Gasteiger partial charge on any atom is -0.357 e. The highest BCUT2D eigenvalue weighted by Crippen LogP contribution is 2.19. The van der Waals surface area contributed by atoms with Gasteiger partial charge in [-0.15, -0.1) is 0 Å². The van der Waals surface area contributed by atoms with Crippen LogP contribution in [0.15, 0.2) is 12.5 Å². The van der Waals surface area contributed by atoms with Crippen LogP contribution in [0, 0.1) is 0 Å². The molecule has 1 heterocycles. The van der Waals surface area contributed by atoms with Crippen molar-refractivity contribution in [2.75, 3.05) is 31.6 Å².